The molecule has 0 spiro atoms. The maximum atomic E-state index is 12.0. The van der Waals surface area contributed by atoms with Gasteiger partial charge >= 0.3 is 5.97 Å². The smallest absolute Gasteiger partial charge is 0.341 e. The topological polar surface area (TPSA) is 150 Å². The van der Waals surface area contributed by atoms with E-state index in [1.54, 1.807) is 12.1 Å². The number of nitrogens with zero attached hydrogens (tertiary/aromatic N) is 2. The van der Waals surface area contributed by atoms with Crippen LogP contribution in [0.3, 0.4) is 0 Å². The molecular formula is C18H15Br2N3O8. The van der Waals surface area contributed by atoms with Crippen molar-refractivity contribution in [3.05, 3.63) is 55.0 Å². The standard InChI is InChI=1S/C18H15Br2N3O8/c1-29-15-6-11(19)5-13(20)18(15)31-8-16(24)22-21-7-10-4-12(23(27)28)2-3-14(10)30-9-17(25)26/h2-7H,8-9H2,1H3,(H,22,24)(H,25,26). The Kier molecular flexibility index (Phi) is 8.75. The Hall–Kier alpha value is -3.19. The zero-order valence-electron chi connectivity index (χ0n) is 15.8. The number of hydrogen-bond donors (Lipinski definition) is 2. The van der Waals surface area contributed by atoms with E-state index in [1.807, 2.05) is 0 Å². The molecule has 0 aromatic heterocycles. The van der Waals surface area contributed by atoms with E-state index in [1.165, 1.54) is 13.2 Å². The summed E-state index contributed by atoms with van der Waals surface area (Å²) in [4.78, 5) is 33.0. The van der Waals surface area contributed by atoms with Crippen LogP contribution in [-0.4, -0.2) is 48.4 Å². The number of aliphatic carboxylic acids is 1. The van der Waals surface area contributed by atoms with Crippen molar-refractivity contribution in [2.75, 3.05) is 20.3 Å². The van der Waals surface area contributed by atoms with Gasteiger partial charge in [0.25, 0.3) is 11.6 Å². The SMILES string of the molecule is COc1cc(Br)cc(Br)c1OCC(=O)NN=Cc1cc([N+](=O)[O-])ccc1OCC(=O)O. The number of hydrogen-bond acceptors (Lipinski definition) is 8. The van der Waals surface area contributed by atoms with Crippen LogP contribution in [0.4, 0.5) is 5.69 Å². The molecule has 2 N–H and O–H groups in total. The Balaban J connectivity index is 2.06. The highest BCUT2D eigenvalue weighted by atomic mass is 79.9. The maximum absolute atomic E-state index is 12.0. The van der Waals surface area contributed by atoms with Crippen molar-refractivity contribution < 1.29 is 33.8 Å². The molecule has 2 rings (SSSR count). The van der Waals surface area contributed by atoms with Gasteiger partial charge in [0, 0.05) is 22.2 Å². The number of carboxylic acids is 1. The second-order valence-corrected chi connectivity index (χ2v) is 7.43. The number of nitro groups is 1. The third kappa shape index (κ3) is 7.22. The van der Waals surface area contributed by atoms with Crippen LogP contribution >= 0.6 is 31.9 Å². The van der Waals surface area contributed by atoms with E-state index < -0.39 is 30.0 Å². The minimum atomic E-state index is -1.22. The summed E-state index contributed by atoms with van der Waals surface area (Å²) in [5.41, 5.74) is 2.06. The van der Waals surface area contributed by atoms with Crippen molar-refractivity contribution >= 4 is 55.6 Å². The fourth-order valence-corrected chi connectivity index (χ4v) is 3.49. The van der Waals surface area contributed by atoms with Gasteiger partial charge in [-0.15, -0.1) is 0 Å². The average Bonchev–Trinajstić information content (AvgIpc) is 2.71. The predicted octanol–water partition coefficient (Wildman–Crippen LogP) is 3.12. The lowest BCUT2D eigenvalue weighted by Gasteiger charge is -2.12. The van der Waals surface area contributed by atoms with Crippen LogP contribution in [0.15, 0.2) is 44.4 Å². The number of rotatable bonds is 10. The van der Waals surface area contributed by atoms with Crippen LogP contribution in [-0.2, 0) is 9.59 Å². The largest absolute Gasteiger partial charge is 0.493 e. The number of non-ortho nitro benzene ring substituents is 1. The van der Waals surface area contributed by atoms with Gasteiger partial charge in [-0.25, -0.2) is 10.2 Å². The van der Waals surface area contributed by atoms with Crippen LogP contribution in [0, 0.1) is 10.1 Å². The molecule has 0 unspecified atom stereocenters. The van der Waals surface area contributed by atoms with E-state index >= 15 is 0 Å². The average molecular weight is 561 g/mol. The first-order valence-corrected chi connectivity index (χ1v) is 9.90. The third-order valence-electron chi connectivity index (χ3n) is 3.49. The number of methoxy groups -OCH3 is 1. The van der Waals surface area contributed by atoms with Crippen LogP contribution in [0.5, 0.6) is 17.2 Å². The van der Waals surface area contributed by atoms with Crippen molar-refractivity contribution in [3.63, 3.8) is 0 Å². The van der Waals surface area contributed by atoms with Gasteiger partial charge in [-0.2, -0.15) is 5.10 Å². The summed E-state index contributed by atoms with van der Waals surface area (Å²) < 4.78 is 17.0. The Morgan fingerprint density at radius 3 is 2.58 bits per heavy atom. The van der Waals surface area contributed by atoms with Crippen molar-refractivity contribution in [2.45, 2.75) is 0 Å². The molecule has 0 aliphatic heterocycles. The predicted molar refractivity (Wildman–Crippen MR) is 116 cm³/mol. The number of carboxylic acid groups (broad SMARTS) is 1. The molecule has 2 aromatic carbocycles. The summed E-state index contributed by atoms with van der Waals surface area (Å²) in [5, 5.41) is 23.4. The first kappa shape index (κ1) is 24.1. The van der Waals surface area contributed by atoms with Gasteiger partial charge in [-0.1, -0.05) is 15.9 Å². The second-order valence-electron chi connectivity index (χ2n) is 5.66. The molecule has 0 saturated heterocycles. The summed E-state index contributed by atoms with van der Waals surface area (Å²) in [5.74, 6) is -1.08. The quantitative estimate of drug-likeness (QED) is 0.255. The fraction of sp³-hybridized carbons (Fsp3) is 0.167. The van der Waals surface area contributed by atoms with Gasteiger partial charge < -0.3 is 19.3 Å². The number of halogens is 2. The Labute approximate surface area is 192 Å². The van der Waals surface area contributed by atoms with E-state index in [9.17, 15) is 19.7 Å². The van der Waals surface area contributed by atoms with E-state index in [0.717, 1.165) is 22.8 Å². The molecule has 164 valence electrons. The van der Waals surface area contributed by atoms with Crippen molar-refractivity contribution in [3.8, 4) is 17.2 Å². The Morgan fingerprint density at radius 1 is 1.19 bits per heavy atom. The molecule has 31 heavy (non-hydrogen) atoms. The molecular weight excluding hydrogens is 546 g/mol. The van der Waals surface area contributed by atoms with Crippen LogP contribution in [0.2, 0.25) is 0 Å². The van der Waals surface area contributed by atoms with Gasteiger partial charge in [0.1, 0.15) is 5.75 Å². The summed E-state index contributed by atoms with van der Waals surface area (Å²) >= 11 is 6.63. The molecule has 0 fully saturated rings. The monoisotopic (exact) mass is 559 g/mol. The van der Waals surface area contributed by atoms with Crippen molar-refractivity contribution in [2.24, 2.45) is 5.10 Å². The zero-order valence-corrected chi connectivity index (χ0v) is 19.0. The van der Waals surface area contributed by atoms with Gasteiger partial charge in [0.05, 0.1) is 22.7 Å². The molecule has 1 amide bonds. The summed E-state index contributed by atoms with van der Waals surface area (Å²) in [6.07, 6.45) is 1.10. The van der Waals surface area contributed by atoms with Gasteiger partial charge in [0.15, 0.2) is 24.7 Å². The van der Waals surface area contributed by atoms with Crippen LogP contribution in [0.25, 0.3) is 0 Å². The number of nitrogens with one attached hydrogen (secondary N) is 1. The number of carbonyl (C=O) groups excluding carboxylic acids is 1. The highest BCUT2D eigenvalue weighted by molar-refractivity contribution is 9.11. The first-order valence-electron chi connectivity index (χ1n) is 8.32. The third-order valence-corrected chi connectivity index (χ3v) is 4.54. The summed E-state index contributed by atoms with van der Waals surface area (Å²) in [6, 6.07) is 6.91. The van der Waals surface area contributed by atoms with Crippen LogP contribution in [0.1, 0.15) is 5.56 Å². The highest BCUT2D eigenvalue weighted by Gasteiger charge is 2.14. The molecule has 0 radical (unpaired) electrons. The highest BCUT2D eigenvalue weighted by Crippen LogP contribution is 2.38. The number of nitro benzene ring substituents is 1. The number of carbonyl (C=O) groups is 2. The Bertz CT molecular complexity index is 1030. The minimum absolute atomic E-state index is 0.0470. The molecule has 0 aliphatic rings. The molecule has 0 aliphatic carbocycles. The van der Waals surface area contributed by atoms with E-state index in [2.05, 4.69) is 42.4 Å². The minimum Gasteiger partial charge on any atom is -0.493 e. The number of amides is 1. The van der Waals surface area contributed by atoms with Crippen LogP contribution < -0.4 is 19.6 Å². The Morgan fingerprint density at radius 2 is 1.94 bits per heavy atom. The molecule has 0 atom stereocenters. The second kappa shape index (κ2) is 11.3. The molecule has 11 nitrogen and oxygen atoms in total. The zero-order chi connectivity index (χ0) is 23.0. The molecule has 13 heteroatoms. The van der Waals surface area contributed by atoms with Gasteiger partial charge in [-0.3, -0.25) is 14.9 Å². The normalized spacial score (nSPS) is 10.5. The summed E-state index contributed by atoms with van der Waals surface area (Å²) in [7, 11) is 1.45. The molecule has 0 bridgehead atoms. The maximum Gasteiger partial charge on any atom is 0.341 e. The first-order chi connectivity index (χ1) is 14.7. The number of benzene rings is 2. The van der Waals surface area contributed by atoms with E-state index in [0.29, 0.717) is 16.0 Å². The van der Waals surface area contributed by atoms with Crippen molar-refractivity contribution in [1.82, 2.24) is 5.43 Å². The lowest BCUT2D eigenvalue weighted by molar-refractivity contribution is -0.384. The van der Waals surface area contributed by atoms with Gasteiger partial charge in [-0.05, 0) is 34.1 Å². The van der Waals surface area contributed by atoms with E-state index in [-0.39, 0.29) is 17.0 Å². The van der Waals surface area contributed by atoms with Crippen molar-refractivity contribution in [1.29, 1.82) is 0 Å². The lowest BCUT2D eigenvalue weighted by atomic mass is 10.2. The van der Waals surface area contributed by atoms with Gasteiger partial charge in [0.2, 0.25) is 0 Å². The van der Waals surface area contributed by atoms with E-state index in [4.69, 9.17) is 19.3 Å². The molecule has 2 aromatic rings. The number of ether oxygens (including phenoxy) is 3. The number of hydrazone groups is 1. The summed E-state index contributed by atoms with van der Waals surface area (Å²) in [6.45, 7) is -1.05. The molecule has 0 heterocycles. The fourth-order valence-electron chi connectivity index (χ4n) is 2.19. The molecule has 0 saturated carbocycles. The lowest BCUT2D eigenvalue weighted by Crippen LogP contribution is -2.24.